The van der Waals surface area contributed by atoms with Crippen LogP contribution < -0.4 is 0 Å². The van der Waals surface area contributed by atoms with Gasteiger partial charge in [0, 0.05) is 0 Å². The highest BCUT2D eigenvalue weighted by Gasteiger charge is 2.00. The third-order valence-corrected chi connectivity index (χ3v) is 1.89. The van der Waals surface area contributed by atoms with Crippen molar-refractivity contribution in [3.05, 3.63) is 29.3 Å². The molecular formula is C10H16O2. The first-order valence-corrected chi connectivity index (χ1v) is 3.91. The molecular weight excluding hydrogens is 152 g/mol. The van der Waals surface area contributed by atoms with E-state index < -0.39 is 0 Å². The van der Waals surface area contributed by atoms with E-state index in [-0.39, 0.29) is 5.48 Å². The van der Waals surface area contributed by atoms with Gasteiger partial charge in [0.05, 0.1) is 0 Å². The standard InChI is InChI=1S/C10H14O.H2O/c1-7(2)9-4-5-10(11)8(3)6-9;/h4-7,11H,1-3H3;1H2. The number of phenols is 1. The summed E-state index contributed by atoms with van der Waals surface area (Å²) in [6.07, 6.45) is 0. The molecule has 0 unspecified atom stereocenters. The summed E-state index contributed by atoms with van der Waals surface area (Å²) in [5.41, 5.74) is 2.23. The maximum absolute atomic E-state index is 9.23. The lowest BCUT2D eigenvalue weighted by Crippen LogP contribution is -1.87. The summed E-state index contributed by atoms with van der Waals surface area (Å²) in [5.74, 6) is 0.920. The SMILES string of the molecule is Cc1cc(C(C)C)ccc1O.O. The van der Waals surface area contributed by atoms with Gasteiger partial charge in [-0.05, 0) is 30.0 Å². The van der Waals surface area contributed by atoms with Crippen LogP contribution in [-0.2, 0) is 0 Å². The summed E-state index contributed by atoms with van der Waals surface area (Å²) in [5, 5.41) is 9.23. The molecule has 0 aliphatic carbocycles. The highest BCUT2D eigenvalue weighted by atomic mass is 16.3. The number of aromatic hydroxyl groups is 1. The second-order valence-corrected chi connectivity index (χ2v) is 3.20. The van der Waals surface area contributed by atoms with Gasteiger partial charge in [-0.1, -0.05) is 26.0 Å². The second-order valence-electron chi connectivity index (χ2n) is 3.20. The van der Waals surface area contributed by atoms with Crippen molar-refractivity contribution in [2.45, 2.75) is 26.7 Å². The Kier molecular flexibility index (Phi) is 3.77. The molecule has 0 spiro atoms. The molecule has 0 radical (unpaired) electrons. The van der Waals surface area contributed by atoms with E-state index in [1.165, 1.54) is 5.56 Å². The summed E-state index contributed by atoms with van der Waals surface area (Å²) < 4.78 is 0. The smallest absolute Gasteiger partial charge is 0.118 e. The van der Waals surface area contributed by atoms with Crippen molar-refractivity contribution in [3.8, 4) is 5.75 Å². The van der Waals surface area contributed by atoms with Crippen molar-refractivity contribution < 1.29 is 10.6 Å². The topological polar surface area (TPSA) is 51.7 Å². The predicted octanol–water partition coefficient (Wildman–Crippen LogP) is 2.00. The molecule has 1 aromatic rings. The van der Waals surface area contributed by atoms with E-state index in [1.54, 1.807) is 6.07 Å². The van der Waals surface area contributed by atoms with Crippen LogP contribution in [0.15, 0.2) is 18.2 Å². The van der Waals surface area contributed by atoms with Crippen LogP contribution in [0.4, 0.5) is 0 Å². The fourth-order valence-corrected chi connectivity index (χ4v) is 1.04. The Bertz CT molecular complexity index is 254. The number of aryl methyl sites for hydroxylation is 1. The molecule has 0 bridgehead atoms. The average molecular weight is 168 g/mol. The van der Waals surface area contributed by atoms with E-state index in [1.807, 2.05) is 19.1 Å². The van der Waals surface area contributed by atoms with Crippen LogP contribution in [0.5, 0.6) is 5.75 Å². The van der Waals surface area contributed by atoms with Crippen molar-refractivity contribution in [2.24, 2.45) is 0 Å². The monoisotopic (exact) mass is 168 g/mol. The number of hydrogen-bond acceptors (Lipinski definition) is 1. The molecule has 2 heteroatoms. The first-order valence-electron chi connectivity index (χ1n) is 3.91. The molecule has 68 valence electrons. The fraction of sp³-hybridized carbons (Fsp3) is 0.400. The number of rotatable bonds is 1. The minimum absolute atomic E-state index is 0. The van der Waals surface area contributed by atoms with E-state index in [0.29, 0.717) is 11.7 Å². The molecule has 0 aromatic heterocycles. The zero-order valence-corrected chi connectivity index (χ0v) is 7.76. The molecule has 0 aliphatic heterocycles. The Hall–Kier alpha value is -1.02. The lowest BCUT2D eigenvalue weighted by Gasteiger charge is -2.06. The van der Waals surface area contributed by atoms with Crippen LogP contribution in [0.1, 0.15) is 30.9 Å². The molecule has 1 aromatic carbocycles. The highest BCUT2D eigenvalue weighted by molar-refractivity contribution is 5.35. The first kappa shape index (κ1) is 11.0. The molecule has 0 saturated carbocycles. The van der Waals surface area contributed by atoms with Gasteiger partial charge in [-0.3, -0.25) is 0 Å². The Labute approximate surface area is 73.2 Å². The van der Waals surface area contributed by atoms with Gasteiger partial charge in [0.15, 0.2) is 0 Å². The molecule has 0 fully saturated rings. The highest BCUT2D eigenvalue weighted by Crippen LogP contribution is 2.21. The molecule has 0 saturated heterocycles. The van der Waals surface area contributed by atoms with Gasteiger partial charge in [-0.25, -0.2) is 0 Å². The summed E-state index contributed by atoms with van der Waals surface area (Å²) in [6, 6.07) is 5.75. The molecule has 3 N–H and O–H groups in total. The summed E-state index contributed by atoms with van der Waals surface area (Å²) in [7, 11) is 0. The molecule has 0 heterocycles. The molecule has 0 amide bonds. The average Bonchev–Trinajstić information content (AvgIpc) is 1.94. The van der Waals surface area contributed by atoms with Gasteiger partial charge >= 0.3 is 0 Å². The third kappa shape index (κ3) is 2.24. The summed E-state index contributed by atoms with van der Waals surface area (Å²) >= 11 is 0. The van der Waals surface area contributed by atoms with Gasteiger partial charge in [-0.2, -0.15) is 0 Å². The lowest BCUT2D eigenvalue weighted by atomic mass is 10.0. The lowest BCUT2D eigenvalue weighted by molar-refractivity contribution is 0.470. The van der Waals surface area contributed by atoms with Gasteiger partial charge < -0.3 is 10.6 Å². The van der Waals surface area contributed by atoms with Crippen molar-refractivity contribution in [2.75, 3.05) is 0 Å². The minimum Gasteiger partial charge on any atom is -0.508 e. The summed E-state index contributed by atoms with van der Waals surface area (Å²) in [6.45, 7) is 6.21. The minimum atomic E-state index is 0. The van der Waals surface area contributed by atoms with E-state index in [0.717, 1.165) is 5.56 Å². The van der Waals surface area contributed by atoms with Gasteiger partial charge in [0.1, 0.15) is 5.75 Å². The van der Waals surface area contributed by atoms with Crippen molar-refractivity contribution in [1.29, 1.82) is 0 Å². The van der Waals surface area contributed by atoms with Crippen LogP contribution >= 0.6 is 0 Å². The molecule has 12 heavy (non-hydrogen) atoms. The number of hydrogen-bond donors (Lipinski definition) is 1. The van der Waals surface area contributed by atoms with E-state index >= 15 is 0 Å². The van der Waals surface area contributed by atoms with Gasteiger partial charge in [0.2, 0.25) is 0 Å². The molecule has 2 nitrogen and oxygen atoms in total. The third-order valence-electron chi connectivity index (χ3n) is 1.89. The maximum Gasteiger partial charge on any atom is 0.118 e. The van der Waals surface area contributed by atoms with Crippen LogP contribution in [0, 0.1) is 6.92 Å². The van der Waals surface area contributed by atoms with Crippen LogP contribution in [-0.4, -0.2) is 10.6 Å². The Morgan fingerprint density at radius 1 is 1.25 bits per heavy atom. The van der Waals surface area contributed by atoms with Gasteiger partial charge in [0.25, 0.3) is 0 Å². The zero-order valence-electron chi connectivity index (χ0n) is 7.76. The van der Waals surface area contributed by atoms with Crippen molar-refractivity contribution >= 4 is 0 Å². The quantitative estimate of drug-likeness (QED) is 0.685. The van der Waals surface area contributed by atoms with Gasteiger partial charge in [-0.15, -0.1) is 0 Å². The van der Waals surface area contributed by atoms with Crippen molar-refractivity contribution in [1.82, 2.24) is 0 Å². The van der Waals surface area contributed by atoms with E-state index in [2.05, 4.69) is 13.8 Å². The van der Waals surface area contributed by atoms with Crippen LogP contribution in [0.2, 0.25) is 0 Å². The molecule has 0 atom stereocenters. The normalized spacial score (nSPS) is 9.67. The first-order chi connectivity index (χ1) is 5.11. The molecule has 1 rings (SSSR count). The van der Waals surface area contributed by atoms with E-state index in [4.69, 9.17) is 0 Å². The Balaban J connectivity index is 0.00000121. The maximum atomic E-state index is 9.23. The van der Waals surface area contributed by atoms with Crippen molar-refractivity contribution in [3.63, 3.8) is 0 Å². The Morgan fingerprint density at radius 2 is 1.83 bits per heavy atom. The number of benzene rings is 1. The summed E-state index contributed by atoms with van der Waals surface area (Å²) in [4.78, 5) is 0. The largest absolute Gasteiger partial charge is 0.508 e. The molecule has 0 aliphatic rings. The Morgan fingerprint density at radius 3 is 2.25 bits per heavy atom. The van der Waals surface area contributed by atoms with E-state index in [9.17, 15) is 5.11 Å². The zero-order chi connectivity index (χ0) is 8.43. The predicted molar refractivity (Wildman–Crippen MR) is 50.5 cm³/mol. The second kappa shape index (κ2) is 4.12. The number of phenolic OH excluding ortho intramolecular Hbond substituents is 1. The van der Waals surface area contributed by atoms with Crippen LogP contribution in [0.25, 0.3) is 0 Å². The fourth-order valence-electron chi connectivity index (χ4n) is 1.04. The van der Waals surface area contributed by atoms with Crippen LogP contribution in [0.3, 0.4) is 0 Å².